The van der Waals surface area contributed by atoms with Gasteiger partial charge in [0.25, 0.3) is 5.91 Å². The number of amides is 1. The lowest BCUT2D eigenvalue weighted by Crippen LogP contribution is -2.49. The molecule has 6 nitrogen and oxygen atoms in total. The Hall–Kier alpha value is -1.93. The van der Waals surface area contributed by atoms with Crippen molar-refractivity contribution in [2.24, 2.45) is 0 Å². The molecule has 0 aromatic heterocycles. The quantitative estimate of drug-likeness (QED) is 0.872. The van der Waals surface area contributed by atoms with E-state index in [2.05, 4.69) is 4.74 Å². The zero-order chi connectivity index (χ0) is 16.1. The van der Waals surface area contributed by atoms with Crippen LogP contribution in [0.15, 0.2) is 24.3 Å². The molecule has 2 rings (SSSR count). The van der Waals surface area contributed by atoms with Gasteiger partial charge >= 0.3 is 12.6 Å². The molecule has 9 heteroatoms. The Balaban J connectivity index is 0.00000264. The minimum Gasteiger partial charge on any atom is -0.480 e. The highest BCUT2D eigenvalue weighted by molar-refractivity contribution is 5.97. The van der Waals surface area contributed by atoms with E-state index in [1.165, 1.54) is 23.1 Å². The number of ether oxygens (including phenoxy) is 1. The Labute approximate surface area is 138 Å². The molecular formula is C14H17ClF2N2O4. The largest absolute Gasteiger partial charge is 0.480 e. The lowest BCUT2D eigenvalue weighted by Gasteiger charge is -2.34. The highest BCUT2D eigenvalue weighted by Gasteiger charge is 2.25. The zero-order valence-corrected chi connectivity index (χ0v) is 13.0. The van der Waals surface area contributed by atoms with Crippen LogP contribution in [-0.2, 0) is 4.79 Å². The van der Waals surface area contributed by atoms with Gasteiger partial charge in [0, 0.05) is 26.2 Å². The van der Waals surface area contributed by atoms with Gasteiger partial charge in [-0.15, -0.1) is 12.4 Å². The molecule has 0 unspecified atom stereocenters. The van der Waals surface area contributed by atoms with Crippen LogP contribution in [0.5, 0.6) is 5.75 Å². The van der Waals surface area contributed by atoms with E-state index >= 15 is 0 Å². The summed E-state index contributed by atoms with van der Waals surface area (Å²) in [5, 5.41) is 8.73. The van der Waals surface area contributed by atoms with Crippen molar-refractivity contribution in [3.63, 3.8) is 0 Å². The molecule has 128 valence electrons. The molecule has 0 radical (unpaired) electrons. The first-order valence-corrected chi connectivity index (χ1v) is 6.74. The Morgan fingerprint density at radius 1 is 1.17 bits per heavy atom. The maximum absolute atomic E-state index is 12.4. The van der Waals surface area contributed by atoms with Crippen molar-refractivity contribution in [2.75, 3.05) is 32.7 Å². The molecule has 1 saturated heterocycles. The predicted molar refractivity (Wildman–Crippen MR) is 80.3 cm³/mol. The summed E-state index contributed by atoms with van der Waals surface area (Å²) in [6.45, 7) is -1.54. The predicted octanol–water partition coefficient (Wildman–Crippen LogP) is 1.55. The highest BCUT2D eigenvalue weighted by Crippen LogP contribution is 2.22. The van der Waals surface area contributed by atoms with Crippen molar-refractivity contribution in [1.82, 2.24) is 9.80 Å². The number of rotatable bonds is 5. The van der Waals surface area contributed by atoms with Crippen molar-refractivity contribution >= 4 is 24.3 Å². The number of para-hydroxylation sites is 1. The fourth-order valence-electron chi connectivity index (χ4n) is 2.31. The van der Waals surface area contributed by atoms with E-state index in [9.17, 15) is 18.4 Å². The van der Waals surface area contributed by atoms with Gasteiger partial charge in [-0.2, -0.15) is 8.78 Å². The number of carboxylic acid groups (broad SMARTS) is 1. The molecule has 0 aliphatic carbocycles. The standard InChI is InChI=1S/C14H16F2N2O4.ClH/c15-14(16)22-11-4-2-1-3-10(11)13(21)18-7-5-17(6-8-18)9-12(19)20;/h1-4,14H,5-9H2,(H,19,20);1H. The van der Waals surface area contributed by atoms with Gasteiger partial charge in [-0.3, -0.25) is 14.5 Å². The van der Waals surface area contributed by atoms with E-state index in [1.54, 1.807) is 11.0 Å². The van der Waals surface area contributed by atoms with Gasteiger partial charge in [-0.25, -0.2) is 0 Å². The lowest BCUT2D eigenvalue weighted by molar-refractivity contribution is -0.138. The van der Waals surface area contributed by atoms with E-state index in [0.29, 0.717) is 26.2 Å². The number of carbonyl (C=O) groups excluding carboxylic acids is 1. The molecule has 1 heterocycles. The first-order chi connectivity index (χ1) is 10.5. The summed E-state index contributed by atoms with van der Waals surface area (Å²) in [6, 6.07) is 5.84. The molecule has 1 aromatic carbocycles. The van der Waals surface area contributed by atoms with E-state index in [0.717, 1.165) is 0 Å². The van der Waals surface area contributed by atoms with Gasteiger partial charge in [0.05, 0.1) is 12.1 Å². The summed E-state index contributed by atoms with van der Waals surface area (Å²) in [7, 11) is 0. The normalized spacial score (nSPS) is 15.2. The summed E-state index contributed by atoms with van der Waals surface area (Å²) in [5.41, 5.74) is 0.0782. The van der Waals surface area contributed by atoms with Gasteiger partial charge in [-0.1, -0.05) is 12.1 Å². The minimum atomic E-state index is -3.00. The highest BCUT2D eigenvalue weighted by atomic mass is 35.5. The van der Waals surface area contributed by atoms with Gasteiger partial charge in [0.15, 0.2) is 0 Å². The number of halogens is 3. The molecule has 1 fully saturated rings. The molecule has 0 atom stereocenters. The number of nitrogens with zero attached hydrogens (tertiary/aromatic N) is 2. The molecule has 0 bridgehead atoms. The summed E-state index contributed by atoms with van der Waals surface area (Å²) in [5.74, 6) is -1.47. The molecule has 1 aliphatic rings. The number of alkyl halides is 2. The Morgan fingerprint density at radius 2 is 1.78 bits per heavy atom. The second-order valence-corrected chi connectivity index (χ2v) is 4.84. The average molecular weight is 351 g/mol. The van der Waals surface area contributed by atoms with Crippen molar-refractivity contribution in [1.29, 1.82) is 0 Å². The van der Waals surface area contributed by atoms with E-state index in [1.807, 2.05) is 0 Å². The number of hydrogen-bond donors (Lipinski definition) is 1. The molecule has 0 spiro atoms. The van der Waals surface area contributed by atoms with Crippen LogP contribution in [-0.4, -0.2) is 66.1 Å². The first-order valence-electron chi connectivity index (χ1n) is 6.74. The Morgan fingerprint density at radius 3 is 2.35 bits per heavy atom. The number of aliphatic carboxylic acids is 1. The zero-order valence-electron chi connectivity index (χ0n) is 12.2. The molecule has 0 saturated carbocycles. The lowest BCUT2D eigenvalue weighted by atomic mass is 10.1. The second-order valence-electron chi connectivity index (χ2n) is 4.84. The van der Waals surface area contributed by atoms with Crippen LogP contribution in [0.3, 0.4) is 0 Å². The fourth-order valence-corrected chi connectivity index (χ4v) is 2.31. The average Bonchev–Trinajstić information content (AvgIpc) is 2.47. The van der Waals surface area contributed by atoms with Crippen molar-refractivity contribution in [3.8, 4) is 5.75 Å². The van der Waals surface area contributed by atoms with Crippen molar-refractivity contribution in [2.45, 2.75) is 6.61 Å². The number of piperazine rings is 1. The summed E-state index contributed by atoms with van der Waals surface area (Å²) >= 11 is 0. The smallest absolute Gasteiger partial charge is 0.387 e. The van der Waals surface area contributed by atoms with Crippen LogP contribution in [0.2, 0.25) is 0 Å². The Kier molecular flexibility index (Phi) is 7.18. The van der Waals surface area contributed by atoms with Gasteiger partial charge in [0.2, 0.25) is 0 Å². The van der Waals surface area contributed by atoms with Crippen LogP contribution >= 0.6 is 12.4 Å². The minimum absolute atomic E-state index is 0. The molecular weight excluding hydrogens is 334 g/mol. The van der Waals surface area contributed by atoms with E-state index in [4.69, 9.17) is 5.11 Å². The number of carbonyl (C=O) groups is 2. The van der Waals surface area contributed by atoms with Crippen LogP contribution in [0.1, 0.15) is 10.4 Å². The number of benzene rings is 1. The summed E-state index contributed by atoms with van der Waals surface area (Å²) in [6.07, 6.45) is 0. The van der Waals surface area contributed by atoms with Gasteiger partial charge in [0.1, 0.15) is 5.75 Å². The maximum atomic E-state index is 12.4. The third-order valence-electron chi connectivity index (χ3n) is 3.35. The maximum Gasteiger partial charge on any atom is 0.387 e. The van der Waals surface area contributed by atoms with Crippen LogP contribution in [0, 0.1) is 0 Å². The third-order valence-corrected chi connectivity index (χ3v) is 3.35. The molecule has 1 amide bonds. The molecule has 1 aliphatic heterocycles. The summed E-state index contributed by atoms with van der Waals surface area (Å²) < 4.78 is 29.1. The van der Waals surface area contributed by atoms with Crippen molar-refractivity contribution in [3.05, 3.63) is 29.8 Å². The first kappa shape index (κ1) is 19.1. The van der Waals surface area contributed by atoms with Gasteiger partial charge < -0.3 is 14.7 Å². The Bertz CT molecular complexity index is 551. The van der Waals surface area contributed by atoms with Crippen LogP contribution in [0.4, 0.5) is 8.78 Å². The fraction of sp³-hybridized carbons (Fsp3) is 0.429. The van der Waals surface area contributed by atoms with Gasteiger partial charge in [-0.05, 0) is 12.1 Å². The number of carboxylic acids is 1. The van der Waals surface area contributed by atoms with E-state index < -0.39 is 18.5 Å². The van der Waals surface area contributed by atoms with Crippen molar-refractivity contribution < 1.29 is 28.2 Å². The number of hydrogen-bond acceptors (Lipinski definition) is 4. The molecule has 1 aromatic rings. The molecule has 23 heavy (non-hydrogen) atoms. The van der Waals surface area contributed by atoms with E-state index in [-0.39, 0.29) is 30.3 Å². The third kappa shape index (κ3) is 5.33. The SMILES string of the molecule is Cl.O=C(O)CN1CCN(C(=O)c2ccccc2OC(F)F)CC1. The topological polar surface area (TPSA) is 70.1 Å². The van der Waals surface area contributed by atoms with Crippen LogP contribution in [0.25, 0.3) is 0 Å². The summed E-state index contributed by atoms with van der Waals surface area (Å²) in [4.78, 5) is 26.3. The second kappa shape index (κ2) is 8.64. The monoisotopic (exact) mass is 350 g/mol. The van der Waals surface area contributed by atoms with Crippen LogP contribution < -0.4 is 4.74 Å². The molecule has 1 N–H and O–H groups in total.